The van der Waals surface area contributed by atoms with E-state index in [1.807, 2.05) is 12.1 Å². The van der Waals surface area contributed by atoms with Crippen LogP contribution < -0.4 is 5.32 Å². The van der Waals surface area contributed by atoms with Gasteiger partial charge in [-0.3, -0.25) is 20.0 Å². The quantitative estimate of drug-likeness (QED) is 0.791. The Labute approximate surface area is 124 Å². The summed E-state index contributed by atoms with van der Waals surface area (Å²) in [6.07, 6.45) is 6.78. The Morgan fingerprint density at radius 3 is 2.81 bits per heavy atom. The summed E-state index contributed by atoms with van der Waals surface area (Å²) in [6, 6.07) is -0.223. The number of rotatable bonds is 1. The Hall–Kier alpha value is -2.11. The number of fused-ring (bicyclic) bond motifs is 1. The lowest BCUT2D eigenvalue weighted by molar-refractivity contribution is -0.121. The van der Waals surface area contributed by atoms with Crippen LogP contribution in [-0.4, -0.2) is 47.3 Å². The van der Waals surface area contributed by atoms with Crippen molar-refractivity contribution in [2.45, 2.75) is 26.3 Å². The summed E-state index contributed by atoms with van der Waals surface area (Å²) in [4.78, 5) is 24.9. The van der Waals surface area contributed by atoms with E-state index in [4.69, 9.17) is 0 Å². The fourth-order valence-corrected chi connectivity index (χ4v) is 2.96. The first kappa shape index (κ1) is 13.9. The van der Waals surface area contributed by atoms with Crippen molar-refractivity contribution in [1.29, 1.82) is 0 Å². The van der Waals surface area contributed by atoms with Gasteiger partial charge in [-0.15, -0.1) is 0 Å². The molecule has 2 heterocycles. The minimum Gasteiger partial charge on any atom is -0.290 e. The molecule has 0 saturated carbocycles. The molecule has 0 aromatic rings. The number of carbonyl (C=O) groups is 2. The van der Waals surface area contributed by atoms with Crippen LogP contribution in [0.3, 0.4) is 0 Å². The molecule has 3 amide bonds. The van der Waals surface area contributed by atoms with Gasteiger partial charge in [-0.1, -0.05) is 32.1 Å². The molecule has 0 bridgehead atoms. The zero-order valence-electron chi connectivity index (χ0n) is 12.5. The highest BCUT2D eigenvalue weighted by Crippen LogP contribution is 2.32. The predicted molar refractivity (Wildman–Crippen MR) is 79.4 cm³/mol. The van der Waals surface area contributed by atoms with Gasteiger partial charge in [-0.25, -0.2) is 4.79 Å². The smallest absolute Gasteiger partial charge is 0.290 e. The molecule has 112 valence electrons. The average molecular weight is 288 g/mol. The second-order valence-electron chi connectivity index (χ2n) is 5.98. The second-order valence-corrected chi connectivity index (χ2v) is 5.98. The number of imide groups is 1. The molecule has 6 heteroatoms. The predicted octanol–water partition coefficient (Wildman–Crippen LogP) is 1.32. The molecular weight excluding hydrogens is 268 g/mol. The lowest BCUT2D eigenvalue weighted by Gasteiger charge is -2.30. The topological polar surface area (TPSA) is 65.0 Å². The maximum Gasteiger partial charge on any atom is 0.329 e. The molecule has 2 atom stereocenters. The SMILES string of the molecule is CC(C)C1=CC2C(C=C1)C(N1CCC(=O)NC1=O)=NN2C. The molecule has 1 saturated heterocycles. The number of urea groups is 1. The van der Waals surface area contributed by atoms with Crippen molar-refractivity contribution in [3.05, 3.63) is 23.8 Å². The Balaban J connectivity index is 1.84. The molecule has 0 radical (unpaired) electrons. The molecule has 0 aromatic heterocycles. The highest BCUT2D eigenvalue weighted by molar-refractivity contribution is 6.07. The maximum atomic E-state index is 12.0. The van der Waals surface area contributed by atoms with Gasteiger partial charge < -0.3 is 0 Å². The highest BCUT2D eigenvalue weighted by atomic mass is 16.2. The molecule has 0 aromatic carbocycles. The summed E-state index contributed by atoms with van der Waals surface area (Å²) < 4.78 is 0. The van der Waals surface area contributed by atoms with Gasteiger partial charge in [-0.05, 0) is 11.5 Å². The monoisotopic (exact) mass is 288 g/mol. The number of likely N-dealkylation sites (N-methyl/N-ethyl adjacent to an activating group) is 1. The molecule has 21 heavy (non-hydrogen) atoms. The van der Waals surface area contributed by atoms with E-state index in [1.54, 1.807) is 4.90 Å². The number of carbonyl (C=O) groups excluding carboxylic acids is 2. The van der Waals surface area contributed by atoms with Crippen LogP contribution in [-0.2, 0) is 4.79 Å². The van der Waals surface area contributed by atoms with Crippen LogP contribution in [0.1, 0.15) is 20.3 Å². The molecule has 3 rings (SSSR count). The van der Waals surface area contributed by atoms with Gasteiger partial charge in [0.05, 0.1) is 12.0 Å². The Bertz CT molecular complexity index is 576. The third kappa shape index (κ3) is 2.34. The van der Waals surface area contributed by atoms with Crippen molar-refractivity contribution in [2.75, 3.05) is 13.6 Å². The van der Waals surface area contributed by atoms with Crippen molar-refractivity contribution in [3.8, 4) is 0 Å². The number of nitrogens with one attached hydrogen (secondary N) is 1. The number of hydrazone groups is 1. The highest BCUT2D eigenvalue weighted by Gasteiger charge is 2.40. The number of allylic oxidation sites excluding steroid dienone is 2. The minimum absolute atomic E-state index is 0.0662. The number of hydrogen-bond donors (Lipinski definition) is 1. The van der Waals surface area contributed by atoms with Gasteiger partial charge in [0.1, 0.15) is 5.84 Å². The first-order valence-corrected chi connectivity index (χ1v) is 7.30. The zero-order chi connectivity index (χ0) is 15.1. The van der Waals surface area contributed by atoms with Gasteiger partial charge in [0.25, 0.3) is 0 Å². The Morgan fingerprint density at radius 2 is 2.14 bits per heavy atom. The summed E-state index contributed by atoms with van der Waals surface area (Å²) in [5, 5.41) is 8.79. The number of hydrogen-bond acceptors (Lipinski definition) is 4. The lowest BCUT2D eigenvalue weighted by atomic mass is 9.87. The summed E-state index contributed by atoms with van der Waals surface area (Å²) in [6.45, 7) is 4.73. The van der Waals surface area contributed by atoms with Crippen molar-refractivity contribution in [2.24, 2.45) is 16.9 Å². The lowest BCUT2D eigenvalue weighted by Crippen LogP contribution is -2.53. The number of amidine groups is 1. The van der Waals surface area contributed by atoms with Gasteiger partial charge in [-0.2, -0.15) is 5.10 Å². The molecule has 3 aliphatic rings. The van der Waals surface area contributed by atoms with Crippen LogP contribution in [0.5, 0.6) is 0 Å². The summed E-state index contributed by atoms with van der Waals surface area (Å²) in [7, 11) is 1.92. The Kier molecular flexibility index (Phi) is 3.31. The van der Waals surface area contributed by atoms with E-state index in [1.165, 1.54) is 5.57 Å². The van der Waals surface area contributed by atoms with Crippen LogP contribution in [0, 0.1) is 11.8 Å². The minimum atomic E-state index is -0.369. The molecule has 0 spiro atoms. The summed E-state index contributed by atoms with van der Waals surface area (Å²) >= 11 is 0. The van der Waals surface area contributed by atoms with E-state index in [0.717, 1.165) is 5.84 Å². The van der Waals surface area contributed by atoms with Crippen molar-refractivity contribution in [1.82, 2.24) is 15.2 Å². The molecule has 1 N–H and O–H groups in total. The van der Waals surface area contributed by atoms with Crippen LogP contribution in [0.15, 0.2) is 28.9 Å². The van der Waals surface area contributed by atoms with Crippen LogP contribution in [0.4, 0.5) is 4.79 Å². The fourth-order valence-electron chi connectivity index (χ4n) is 2.96. The third-order valence-electron chi connectivity index (χ3n) is 4.21. The van der Waals surface area contributed by atoms with E-state index >= 15 is 0 Å². The first-order chi connectivity index (χ1) is 9.97. The van der Waals surface area contributed by atoms with E-state index < -0.39 is 0 Å². The molecular formula is C15H20N4O2. The fraction of sp³-hybridized carbons (Fsp3) is 0.533. The van der Waals surface area contributed by atoms with Gasteiger partial charge in [0, 0.05) is 20.0 Å². The van der Waals surface area contributed by atoms with E-state index in [9.17, 15) is 9.59 Å². The average Bonchev–Trinajstić information content (AvgIpc) is 2.75. The molecule has 2 unspecified atom stereocenters. The number of amides is 3. The standard InChI is InChI=1S/C15H20N4O2/c1-9(2)10-4-5-11-12(8-10)18(3)17-14(11)19-7-6-13(20)16-15(19)21/h4-5,8-9,11-12H,6-7H2,1-3H3,(H,16,20,21). The van der Waals surface area contributed by atoms with Crippen LogP contribution >= 0.6 is 0 Å². The van der Waals surface area contributed by atoms with Crippen molar-refractivity contribution >= 4 is 17.8 Å². The largest absolute Gasteiger partial charge is 0.329 e. The van der Waals surface area contributed by atoms with Crippen LogP contribution in [0.2, 0.25) is 0 Å². The maximum absolute atomic E-state index is 12.0. The van der Waals surface area contributed by atoms with Gasteiger partial charge in [0.15, 0.2) is 0 Å². The normalized spacial score (nSPS) is 28.6. The number of nitrogens with zero attached hydrogens (tertiary/aromatic N) is 3. The van der Waals surface area contributed by atoms with E-state index in [2.05, 4.69) is 42.5 Å². The molecule has 6 nitrogen and oxygen atoms in total. The molecule has 1 fully saturated rings. The third-order valence-corrected chi connectivity index (χ3v) is 4.21. The molecule has 2 aliphatic heterocycles. The molecule has 1 aliphatic carbocycles. The first-order valence-electron chi connectivity index (χ1n) is 7.30. The van der Waals surface area contributed by atoms with E-state index in [-0.39, 0.29) is 23.9 Å². The van der Waals surface area contributed by atoms with Crippen molar-refractivity contribution in [3.63, 3.8) is 0 Å². The summed E-state index contributed by atoms with van der Waals surface area (Å²) in [5.74, 6) is 1.04. The zero-order valence-corrected chi connectivity index (χ0v) is 12.5. The van der Waals surface area contributed by atoms with Crippen molar-refractivity contribution < 1.29 is 9.59 Å². The summed E-state index contributed by atoms with van der Waals surface area (Å²) in [5.41, 5.74) is 1.29. The van der Waals surface area contributed by atoms with E-state index in [0.29, 0.717) is 18.9 Å². The Morgan fingerprint density at radius 1 is 1.38 bits per heavy atom. The van der Waals surface area contributed by atoms with Gasteiger partial charge >= 0.3 is 6.03 Å². The van der Waals surface area contributed by atoms with Crippen LogP contribution in [0.25, 0.3) is 0 Å². The van der Waals surface area contributed by atoms with Gasteiger partial charge in [0.2, 0.25) is 5.91 Å². The second kappa shape index (κ2) is 5.02.